The molecule has 0 spiro atoms. The second-order valence-corrected chi connectivity index (χ2v) is 8.31. The van der Waals surface area contributed by atoms with Crippen molar-refractivity contribution in [1.29, 1.82) is 0 Å². The molecule has 0 aliphatic heterocycles. The molecule has 0 unspecified atom stereocenters. The molecule has 0 aliphatic rings. The fourth-order valence-electron chi connectivity index (χ4n) is 3.90. The lowest BCUT2D eigenvalue weighted by Crippen LogP contribution is -2.14. The number of carboxylic acid groups (broad SMARTS) is 1. The van der Waals surface area contributed by atoms with Crippen molar-refractivity contribution in [3.63, 3.8) is 0 Å². The largest absolute Gasteiger partial charge is 0.478 e. The molecule has 0 radical (unpaired) electrons. The van der Waals surface area contributed by atoms with Gasteiger partial charge in [-0.15, -0.1) is 0 Å². The molecule has 2 heterocycles. The molecule has 0 amide bonds. The molecule has 5 nitrogen and oxygen atoms in total. The molecule has 158 valence electrons. The highest BCUT2D eigenvalue weighted by Crippen LogP contribution is 2.35. The van der Waals surface area contributed by atoms with E-state index in [9.17, 15) is 9.90 Å². The van der Waals surface area contributed by atoms with Crippen LogP contribution in [0.15, 0.2) is 67.1 Å². The summed E-state index contributed by atoms with van der Waals surface area (Å²) in [5, 5.41) is 11.2. The standard InChI is InChI=1S/C25H24ClN3O2/c1-28(2)10-5-11-29-16-22(24-21(25(30)31)8-4-9-23(24)29)19-12-18(14-27-15-19)17-6-3-7-20(26)13-17/h3-4,6-9,12-16H,5,10-11H2,1-2H3,(H,30,31). The third-order valence-corrected chi connectivity index (χ3v) is 5.58. The van der Waals surface area contributed by atoms with Gasteiger partial charge >= 0.3 is 5.97 Å². The molecule has 0 saturated heterocycles. The zero-order chi connectivity index (χ0) is 22.0. The van der Waals surface area contributed by atoms with Gasteiger partial charge in [-0.25, -0.2) is 4.79 Å². The summed E-state index contributed by atoms with van der Waals surface area (Å²) in [6, 6.07) is 15.1. The van der Waals surface area contributed by atoms with Gasteiger partial charge in [-0.1, -0.05) is 29.8 Å². The Balaban J connectivity index is 1.85. The van der Waals surface area contributed by atoms with E-state index in [0.29, 0.717) is 10.6 Å². The van der Waals surface area contributed by atoms with E-state index in [2.05, 4.69) is 28.5 Å². The van der Waals surface area contributed by atoms with Gasteiger partial charge in [0.2, 0.25) is 0 Å². The molecule has 0 atom stereocenters. The quantitative estimate of drug-likeness (QED) is 0.407. The normalized spacial score (nSPS) is 11.4. The van der Waals surface area contributed by atoms with Crippen molar-refractivity contribution in [2.45, 2.75) is 13.0 Å². The first-order valence-electron chi connectivity index (χ1n) is 10.2. The molecule has 0 fully saturated rings. The minimum atomic E-state index is -0.933. The molecule has 2 aromatic heterocycles. The lowest BCUT2D eigenvalue weighted by atomic mass is 9.99. The maximum Gasteiger partial charge on any atom is 0.336 e. The van der Waals surface area contributed by atoms with E-state index in [1.165, 1.54) is 0 Å². The van der Waals surface area contributed by atoms with Gasteiger partial charge in [-0.2, -0.15) is 0 Å². The molecule has 4 aromatic rings. The van der Waals surface area contributed by atoms with Crippen molar-refractivity contribution in [2.24, 2.45) is 0 Å². The molecule has 0 bridgehead atoms. The number of fused-ring (bicyclic) bond motifs is 1. The van der Waals surface area contributed by atoms with E-state index in [1.54, 1.807) is 24.5 Å². The number of nitrogens with zero attached hydrogens (tertiary/aromatic N) is 3. The number of benzene rings is 2. The second kappa shape index (κ2) is 8.92. The minimum Gasteiger partial charge on any atom is -0.478 e. The number of aromatic nitrogens is 2. The predicted molar refractivity (Wildman–Crippen MR) is 126 cm³/mol. The summed E-state index contributed by atoms with van der Waals surface area (Å²) in [6.07, 6.45) is 6.59. The average Bonchev–Trinajstić information content (AvgIpc) is 3.12. The Hall–Kier alpha value is -3.15. The topological polar surface area (TPSA) is 58.4 Å². The van der Waals surface area contributed by atoms with Crippen LogP contribution in [0.3, 0.4) is 0 Å². The first-order valence-corrected chi connectivity index (χ1v) is 10.5. The number of aryl methyl sites for hydroxylation is 1. The highest BCUT2D eigenvalue weighted by atomic mass is 35.5. The van der Waals surface area contributed by atoms with Gasteiger partial charge in [0, 0.05) is 57.8 Å². The maximum atomic E-state index is 12.0. The van der Waals surface area contributed by atoms with E-state index in [1.807, 2.05) is 42.6 Å². The Labute approximate surface area is 186 Å². The maximum absolute atomic E-state index is 12.0. The summed E-state index contributed by atoms with van der Waals surface area (Å²) in [7, 11) is 4.10. The van der Waals surface area contributed by atoms with Crippen molar-refractivity contribution in [1.82, 2.24) is 14.5 Å². The van der Waals surface area contributed by atoms with E-state index < -0.39 is 5.97 Å². The Kier molecular flexibility index (Phi) is 6.07. The summed E-state index contributed by atoms with van der Waals surface area (Å²) in [5.74, 6) is -0.933. The van der Waals surface area contributed by atoms with Gasteiger partial charge in [-0.3, -0.25) is 4.98 Å². The van der Waals surface area contributed by atoms with Crippen LogP contribution < -0.4 is 0 Å². The predicted octanol–water partition coefficient (Wildman–Crippen LogP) is 5.67. The highest BCUT2D eigenvalue weighted by molar-refractivity contribution is 6.30. The van der Waals surface area contributed by atoms with Crippen LogP contribution in [0, 0.1) is 0 Å². The van der Waals surface area contributed by atoms with Crippen molar-refractivity contribution >= 4 is 28.5 Å². The summed E-state index contributed by atoms with van der Waals surface area (Å²) < 4.78 is 2.15. The smallest absolute Gasteiger partial charge is 0.336 e. The Morgan fingerprint density at radius 2 is 1.84 bits per heavy atom. The van der Waals surface area contributed by atoms with Crippen LogP contribution in [0.4, 0.5) is 0 Å². The minimum absolute atomic E-state index is 0.298. The van der Waals surface area contributed by atoms with E-state index in [-0.39, 0.29) is 0 Å². The third-order valence-electron chi connectivity index (χ3n) is 5.35. The molecule has 1 N–H and O–H groups in total. The average molecular weight is 434 g/mol. The van der Waals surface area contributed by atoms with Gasteiger partial charge in [-0.05, 0) is 63.0 Å². The van der Waals surface area contributed by atoms with Gasteiger partial charge in [0.05, 0.1) is 5.56 Å². The fourth-order valence-corrected chi connectivity index (χ4v) is 4.10. The van der Waals surface area contributed by atoms with Gasteiger partial charge in [0.1, 0.15) is 0 Å². The van der Waals surface area contributed by atoms with Crippen LogP contribution in [0.5, 0.6) is 0 Å². The summed E-state index contributed by atoms with van der Waals surface area (Å²) >= 11 is 6.17. The van der Waals surface area contributed by atoms with Gasteiger partial charge in [0.15, 0.2) is 0 Å². The second-order valence-electron chi connectivity index (χ2n) is 7.87. The van der Waals surface area contributed by atoms with Crippen LogP contribution in [-0.2, 0) is 6.54 Å². The van der Waals surface area contributed by atoms with Crippen LogP contribution in [-0.4, -0.2) is 46.2 Å². The number of carbonyl (C=O) groups is 1. The number of halogens is 1. The van der Waals surface area contributed by atoms with Crippen molar-refractivity contribution in [3.8, 4) is 22.3 Å². The van der Waals surface area contributed by atoms with Crippen LogP contribution in [0.25, 0.3) is 33.2 Å². The van der Waals surface area contributed by atoms with Crippen molar-refractivity contribution < 1.29 is 9.90 Å². The lowest BCUT2D eigenvalue weighted by molar-refractivity contribution is 0.0699. The molecule has 6 heteroatoms. The Morgan fingerprint density at radius 1 is 1.06 bits per heavy atom. The highest BCUT2D eigenvalue weighted by Gasteiger charge is 2.18. The van der Waals surface area contributed by atoms with Crippen molar-refractivity contribution in [3.05, 3.63) is 77.7 Å². The van der Waals surface area contributed by atoms with E-state index in [4.69, 9.17) is 11.6 Å². The summed E-state index contributed by atoms with van der Waals surface area (Å²) in [5.41, 5.74) is 4.86. The summed E-state index contributed by atoms with van der Waals surface area (Å²) in [4.78, 5) is 18.6. The van der Waals surface area contributed by atoms with Crippen LogP contribution in [0.2, 0.25) is 5.02 Å². The zero-order valence-corrected chi connectivity index (χ0v) is 18.3. The lowest BCUT2D eigenvalue weighted by Gasteiger charge is -2.10. The molecular weight excluding hydrogens is 410 g/mol. The number of hydrogen-bond donors (Lipinski definition) is 1. The first kappa shape index (κ1) is 21.1. The molecule has 0 aliphatic carbocycles. The number of pyridine rings is 1. The first-order chi connectivity index (χ1) is 14.9. The number of aromatic carboxylic acids is 1. The third kappa shape index (κ3) is 4.48. The molecule has 0 saturated carbocycles. The van der Waals surface area contributed by atoms with Gasteiger partial charge < -0.3 is 14.6 Å². The Morgan fingerprint density at radius 3 is 2.58 bits per heavy atom. The van der Waals surface area contributed by atoms with Gasteiger partial charge in [0.25, 0.3) is 0 Å². The molecule has 2 aromatic carbocycles. The fraction of sp³-hybridized carbons (Fsp3) is 0.200. The number of hydrogen-bond acceptors (Lipinski definition) is 3. The zero-order valence-electron chi connectivity index (χ0n) is 17.5. The van der Waals surface area contributed by atoms with E-state index in [0.717, 1.165) is 52.7 Å². The number of rotatable bonds is 7. The van der Waals surface area contributed by atoms with Crippen LogP contribution in [0.1, 0.15) is 16.8 Å². The monoisotopic (exact) mass is 433 g/mol. The van der Waals surface area contributed by atoms with E-state index >= 15 is 0 Å². The molecule has 31 heavy (non-hydrogen) atoms. The SMILES string of the molecule is CN(C)CCCn1cc(-c2cncc(-c3cccc(Cl)c3)c2)c2c(C(=O)O)cccc21. The van der Waals surface area contributed by atoms with Crippen molar-refractivity contribution in [2.75, 3.05) is 20.6 Å². The van der Waals surface area contributed by atoms with Crippen LogP contribution >= 0.6 is 11.6 Å². The molecular formula is C25H24ClN3O2. The summed E-state index contributed by atoms with van der Waals surface area (Å²) in [6.45, 7) is 1.76. The molecule has 4 rings (SSSR count). The Bertz CT molecular complexity index is 1250. The number of carboxylic acids is 1.